The van der Waals surface area contributed by atoms with Gasteiger partial charge in [-0.3, -0.25) is 0 Å². The molecule has 1 fully saturated rings. The second kappa shape index (κ2) is 6.93. The molecule has 28 heavy (non-hydrogen) atoms. The van der Waals surface area contributed by atoms with Crippen LogP contribution in [0.1, 0.15) is 18.4 Å². The van der Waals surface area contributed by atoms with Gasteiger partial charge in [0.25, 0.3) is 0 Å². The molecule has 1 unspecified atom stereocenters. The van der Waals surface area contributed by atoms with Crippen molar-refractivity contribution in [3.8, 4) is 11.3 Å². The minimum Gasteiger partial charge on any atom is -0.396 e. The van der Waals surface area contributed by atoms with E-state index >= 15 is 0 Å². The highest BCUT2D eigenvalue weighted by Gasteiger charge is 2.31. The Kier molecular flexibility index (Phi) is 4.58. The van der Waals surface area contributed by atoms with Crippen LogP contribution >= 0.6 is 0 Å². The van der Waals surface area contributed by atoms with E-state index in [2.05, 4.69) is 37.2 Å². The summed E-state index contributed by atoms with van der Waals surface area (Å²) in [7, 11) is 2.08. The summed E-state index contributed by atoms with van der Waals surface area (Å²) in [6.07, 6.45) is 1.60. The normalized spacial score (nSPS) is 18.1. The Balaban J connectivity index is 1.66. The van der Waals surface area contributed by atoms with Crippen LogP contribution in [0.4, 0.5) is 24.8 Å². The van der Waals surface area contributed by atoms with Crippen molar-refractivity contribution >= 4 is 22.7 Å². The van der Waals surface area contributed by atoms with Crippen molar-refractivity contribution in [2.75, 3.05) is 31.2 Å². The van der Waals surface area contributed by atoms with Gasteiger partial charge in [-0.25, -0.2) is 15.0 Å². The second-order valence-electron chi connectivity index (χ2n) is 6.98. The predicted octanol–water partition coefficient (Wildman–Crippen LogP) is 3.13. The van der Waals surface area contributed by atoms with Crippen LogP contribution in [0.2, 0.25) is 0 Å². The molecule has 4 heterocycles. The molecular formula is C18H20F3N7. The summed E-state index contributed by atoms with van der Waals surface area (Å²) in [5, 5.41) is 3.51. The van der Waals surface area contributed by atoms with E-state index in [4.69, 9.17) is 5.73 Å². The van der Waals surface area contributed by atoms with Crippen LogP contribution < -0.4 is 11.1 Å². The number of nitrogens with zero attached hydrogens (tertiary/aromatic N) is 4. The molecule has 4 rings (SSSR count). The number of hydrogen-bond donors (Lipinski definition) is 3. The number of anilines is 2. The zero-order valence-electron chi connectivity index (χ0n) is 15.2. The molecule has 0 aliphatic carbocycles. The van der Waals surface area contributed by atoms with E-state index in [9.17, 15) is 13.2 Å². The van der Waals surface area contributed by atoms with Crippen LogP contribution in [0.15, 0.2) is 24.7 Å². The molecule has 10 heteroatoms. The first kappa shape index (κ1) is 18.5. The number of aromatic amines is 1. The number of likely N-dealkylation sites (N-methyl/N-ethyl adjacent to an activating group) is 1. The number of nitrogens with one attached hydrogen (secondary N) is 2. The average molecular weight is 391 g/mol. The van der Waals surface area contributed by atoms with E-state index < -0.39 is 11.7 Å². The Labute approximate surface area is 159 Å². The fraction of sp³-hybridized carbons (Fsp3) is 0.389. The van der Waals surface area contributed by atoms with E-state index in [1.807, 2.05) is 0 Å². The molecule has 0 bridgehead atoms. The molecule has 1 aliphatic rings. The summed E-state index contributed by atoms with van der Waals surface area (Å²) in [5.74, 6) is 0.388. The highest BCUT2D eigenvalue weighted by molar-refractivity contribution is 5.95. The van der Waals surface area contributed by atoms with Crippen LogP contribution in [0.5, 0.6) is 0 Å². The Morgan fingerprint density at radius 1 is 1.32 bits per heavy atom. The molecule has 0 radical (unpaired) electrons. The third-order valence-electron chi connectivity index (χ3n) is 5.10. The van der Waals surface area contributed by atoms with E-state index in [0.29, 0.717) is 40.8 Å². The van der Waals surface area contributed by atoms with Gasteiger partial charge in [0.1, 0.15) is 11.3 Å². The maximum atomic E-state index is 13.1. The molecule has 148 valence electrons. The highest BCUT2D eigenvalue weighted by Crippen LogP contribution is 2.35. The van der Waals surface area contributed by atoms with E-state index in [1.165, 1.54) is 6.20 Å². The minimum absolute atomic E-state index is 0.279. The number of nitrogen functional groups attached to an aromatic ring is 1. The van der Waals surface area contributed by atoms with Crippen molar-refractivity contribution in [2.24, 2.45) is 0 Å². The number of likely N-dealkylation sites (tertiary alicyclic amines) is 1. The van der Waals surface area contributed by atoms with Crippen LogP contribution in [0.25, 0.3) is 22.3 Å². The van der Waals surface area contributed by atoms with E-state index in [0.717, 1.165) is 31.6 Å². The third-order valence-corrected chi connectivity index (χ3v) is 5.10. The summed E-state index contributed by atoms with van der Waals surface area (Å²) >= 11 is 0. The van der Waals surface area contributed by atoms with E-state index in [1.54, 1.807) is 6.20 Å². The zero-order valence-corrected chi connectivity index (χ0v) is 15.2. The lowest BCUT2D eigenvalue weighted by Gasteiger charge is -2.19. The summed E-state index contributed by atoms with van der Waals surface area (Å²) in [6.45, 7) is 1.75. The van der Waals surface area contributed by atoms with Gasteiger partial charge in [0, 0.05) is 35.9 Å². The van der Waals surface area contributed by atoms with Crippen molar-refractivity contribution in [3.63, 3.8) is 0 Å². The number of alkyl halides is 3. The van der Waals surface area contributed by atoms with Gasteiger partial charge in [0.15, 0.2) is 0 Å². The van der Waals surface area contributed by atoms with Gasteiger partial charge in [-0.2, -0.15) is 13.2 Å². The lowest BCUT2D eigenvalue weighted by atomic mass is 10.1. The fourth-order valence-corrected chi connectivity index (χ4v) is 3.49. The third kappa shape index (κ3) is 3.47. The van der Waals surface area contributed by atoms with Gasteiger partial charge in [-0.1, -0.05) is 0 Å². The lowest BCUT2D eigenvalue weighted by Crippen LogP contribution is -2.31. The topological polar surface area (TPSA) is 95.8 Å². The average Bonchev–Trinajstić information content (AvgIpc) is 3.26. The molecule has 0 saturated carbocycles. The first-order valence-corrected chi connectivity index (χ1v) is 8.94. The molecule has 7 nitrogen and oxygen atoms in total. The molecule has 1 saturated heterocycles. The van der Waals surface area contributed by atoms with Crippen molar-refractivity contribution in [1.29, 1.82) is 0 Å². The number of hydrogen-bond acceptors (Lipinski definition) is 6. The predicted molar refractivity (Wildman–Crippen MR) is 101 cm³/mol. The molecular weight excluding hydrogens is 371 g/mol. The van der Waals surface area contributed by atoms with Gasteiger partial charge < -0.3 is 20.9 Å². The van der Waals surface area contributed by atoms with Crippen LogP contribution in [0.3, 0.4) is 0 Å². The lowest BCUT2D eigenvalue weighted by molar-refractivity contribution is -0.137. The molecule has 0 amide bonds. The second-order valence-corrected chi connectivity index (χ2v) is 6.98. The Morgan fingerprint density at radius 3 is 2.86 bits per heavy atom. The first-order chi connectivity index (χ1) is 13.3. The van der Waals surface area contributed by atoms with Gasteiger partial charge >= 0.3 is 6.18 Å². The van der Waals surface area contributed by atoms with Gasteiger partial charge in [0.2, 0.25) is 5.95 Å². The largest absolute Gasteiger partial charge is 0.417 e. The summed E-state index contributed by atoms with van der Waals surface area (Å²) < 4.78 is 39.2. The maximum absolute atomic E-state index is 13.1. The zero-order chi connectivity index (χ0) is 19.9. The van der Waals surface area contributed by atoms with Gasteiger partial charge in [0.05, 0.1) is 17.4 Å². The van der Waals surface area contributed by atoms with Crippen LogP contribution in [-0.2, 0) is 6.18 Å². The molecule has 0 spiro atoms. The van der Waals surface area contributed by atoms with Crippen molar-refractivity contribution in [3.05, 3.63) is 30.2 Å². The number of aromatic nitrogens is 4. The van der Waals surface area contributed by atoms with Crippen molar-refractivity contribution < 1.29 is 13.2 Å². The highest BCUT2D eigenvalue weighted by atomic mass is 19.4. The van der Waals surface area contributed by atoms with E-state index in [-0.39, 0.29) is 5.69 Å². The summed E-state index contributed by atoms with van der Waals surface area (Å²) in [6, 6.07) is 1.45. The molecule has 3 aromatic heterocycles. The van der Waals surface area contributed by atoms with Gasteiger partial charge in [-0.05, 0) is 32.5 Å². The summed E-state index contributed by atoms with van der Waals surface area (Å²) in [5.41, 5.74) is 6.63. The monoisotopic (exact) mass is 391 g/mol. The van der Waals surface area contributed by atoms with Crippen LogP contribution in [-0.4, -0.2) is 51.0 Å². The standard InChI is InChI=1S/C18H20F3N7/c1-28-4-2-3-11(28)7-25-17-26-9-14(22)15(27-17)13-8-24-16-12(13)5-10(6-23-16)18(19,20)21/h5-6,8-9,11H,2-4,7,22H2,1H3,(H,23,24)(H,25,26,27). The minimum atomic E-state index is -4.48. The van der Waals surface area contributed by atoms with Gasteiger partial charge in [-0.15, -0.1) is 0 Å². The Bertz CT molecular complexity index is 998. The SMILES string of the molecule is CN1CCCC1CNc1ncc(N)c(-c2c[nH]c3ncc(C(F)(F)F)cc23)n1. The number of halogens is 3. The Hall–Kier alpha value is -2.88. The van der Waals surface area contributed by atoms with Crippen molar-refractivity contribution in [2.45, 2.75) is 25.1 Å². The molecule has 4 N–H and O–H groups in total. The fourth-order valence-electron chi connectivity index (χ4n) is 3.49. The number of pyridine rings is 1. The van der Waals surface area contributed by atoms with Crippen LogP contribution in [0, 0.1) is 0 Å². The number of H-pyrrole nitrogens is 1. The van der Waals surface area contributed by atoms with Crippen molar-refractivity contribution in [1.82, 2.24) is 24.8 Å². The maximum Gasteiger partial charge on any atom is 0.417 e. The smallest absolute Gasteiger partial charge is 0.396 e. The number of fused-ring (bicyclic) bond motifs is 1. The number of nitrogens with two attached hydrogens (primary N) is 1. The molecule has 3 aromatic rings. The Morgan fingerprint density at radius 2 is 2.14 bits per heavy atom. The number of rotatable bonds is 4. The molecule has 1 aliphatic heterocycles. The molecule has 1 atom stereocenters. The first-order valence-electron chi connectivity index (χ1n) is 8.94. The molecule has 0 aromatic carbocycles. The summed E-state index contributed by atoms with van der Waals surface area (Å²) in [4.78, 5) is 17.7. The quantitative estimate of drug-likeness (QED) is 0.632.